The van der Waals surface area contributed by atoms with Crippen LogP contribution < -0.4 is 0 Å². The smallest absolute Gasteiger partial charge is 0.316 e. The summed E-state index contributed by atoms with van der Waals surface area (Å²) in [6.07, 6.45) is 2.09. The van der Waals surface area contributed by atoms with E-state index in [0.29, 0.717) is 44.5 Å². The van der Waals surface area contributed by atoms with Gasteiger partial charge in [0.05, 0.1) is 25.7 Å². The molecule has 2 fully saturated rings. The average molecular weight is 356 g/mol. The van der Waals surface area contributed by atoms with Crippen molar-refractivity contribution >= 4 is 20.2 Å². The van der Waals surface area contributed by atoms with Gasteiger partial charge in [0, 0.05) is 19.3 Å². The van der Waals surface area contributed by atoms with Crippen molar-refractivity contribution in [1.82, 2.24) is 0 Å². The Hall–Kier alpha value is -1.05. The summed E-state index contributed by atoms with van der Waals surface area (Å²) < 4.78 is 31.1. The monoisotopic (exact) mass is 356 g/mol. The van der Waals surface area contributed by atoms with Crippen LogP contribution in [0, 0.1) is 5.41 Å². The number of hydrogen-bond donors (Lipinski definition) is 0. The van der Waals surface area contributed by atoms with Gasteiger partial charge in [-0.2, -0.15) is 0 Å². The third-order valence-electron chi connectivity index (χ3n) is 5.37. The highest BCUT2D eigenvalue weighted by atomic mass is 28.4. The van der Waals surface area contributed by atoms with Crippen molar-refractivity contribution in [2.75, 3.05) is 20.3 Å². The Bertz CT molecular complexity index is 588. The molecule has 0 N–H and O–H groups in total. The Labute approximate surface area is 142 Å². The lowest BCUT2D eigenvalue weighted by atomic mass is 9.61. The molecule has 1 unspecified atom stereocenters. The van der Waals surface area contributed by atoms with Crippen LogP contribution in [0.2, 0.25) is 19.1 Å². The number of rotatable bonds is 3. The Morgan fingerprint density at radius 3 is 2.50 bits per heavy atom. The molecule has 0 radical (unpaired) electrons. The number of Topliss-reactive ketones (excluding diaryl/α,β-unsaturated/α-hetero) is 1. The predicted molar refractivity (Wildman–Crippen MR) is 87.6 cm³/mol. The molecule has 0 aromatic heterocycles. The highest BCUT2D eigenvalue weighted by molar-refractivity contribution is 6.71. The summed E-state index contributed by atoms with van der Waals surface area (Å²) in [6.45, 7) is 4.20. The number of hydrogen-bond acceptors (Lipinski definition) is 5. The molecular weight excluding hydrogens is 331 g/mol. The maximum atomic E-state index is 14.4. The van der Waals surface area contributed by atoms with Crippen molar-refractivity contribution in [1.29, 1.82) is 0 Å². The van der Waals surface area contributed by atoms with E-state index in [4.69, 9.17) is 14.2 Å². The molecule has 2 aliphatic carbocycles. The van der Waals surface area contributed by atoms with Gasteiger partial charge < -0.3 is 18.3 Å². The normalized spacial score (nSPS) is 29.8. The number of allylic oxidation sites excluding steroid dienone is 1. The lowest BCUT2D eigenvalue weighted by molar-refractivity contribution is -0.202. The van der Waals surface area contributed by atoms with Gasteiger partial charge in [0.25, 0.3) is 0 Å². The molecule has 1 atom stereocenters. The second-order valence-electron chi connectivity index (χ2n) is 7.63. The first-order valence-corrected chi connectivity index (χ1v) is 11.6. The molecular formula is C17H25FO5Si. The fraction of sp³-hybridized carbons (Fsp3) is 0.765. The Kier molecular flexibility index (Phi) is 4.47. The van der Waals surface area contributed by atoms with Gasteiger partial charge in [-0.15, -0.1) is 0 Å². The van der Waals surface area contributed by atoms with Crippen LogP contribution in [-0.4, -0.2) is 46.3 Å². The first kappa shape index (κ1) is 17.8. The average Bonchev–Trinajstić information content (AvgIpc) is 2.96. The van der Waals surface area contributed by atoms with Crippen molar-refractivity contribution in [3.63, 3.8) is 0 Å². The lowest BCUT2D eigenvalue weighted by Crippen LogP contribution is -2.50. The summed E-state index contributed by atoms with van der Waals surface area (Å²) in [5, 5.41) is 0. The fourth-order valence-electron chi connectivity index (χ4n) is 4.40. The number of carbonyl (C=O) groups is 2. The van der Waals surface area contributed by atoms with Crippen molar-refractivity contribution in [3.8, 4) is 0 Å². The molecule has 0 aromatic rings. The number of esters is 1. The van der Waals surface area contributed by atoms with Gasteiger partial charge in [-0.1, -0.05) is 0 Å². The molecule has 5 nitrogen and oxygen atoms in total. The fourth-order valence-corrected chi connectivity index (χ4v) is 5.65. The standard InChI is InChI=1S/C17H25FO5Si/c1-21-15(20)16-6-5-14(19)12(10-24(2,3)18)13(16)4-7-17(11-16)22-8-9-23-17/h4-11H2,1-3H3. The molecule has 1 saturated carbocycles. The molecule has 0 bridgehead atoms. The number of ether oxygens (including phenoxy) is 3. The van der Waals surface area contributed by atoms with Gasteiger partial charge in [0.15, 0.2) is 11.6 Å². The lowest BCUT2D eigenvalue weighted by Gasteiger charge is -2.47. The van der Waals surface area contributed by atoms with Gasteiger partial charge in [-0.05, 0) is 43.1 Å². The minimum absolute atomic E-state index is 0.0213. The van der Waals surface area contributed by atoms with E-state index in [1.54, 1.807) is 13.1 Å². The van der Waals surface area contributed by atoms with Crippen LogP contribution in [-0.2, 0) is 23.8 Å². The Morgan fingerprint density at radius 2 is 1.92 bits per heavy atom. The zero-order valence-corrected chi connectivity index (χ0v) is 15.6. The number of fused-ring (bicyclic) bond motifs is 1. The topological polar surface area (TPSA) is 61.8 Å². The SMILES string of the molecule is COC(=O)C12CCC(=O)C(C[Si](C)(C)F)=C1CCC1(C2)OCCO1. The van der Waals surface area contributed by atoms with Gasteiger partial charge in [-0.25, -0.2) is 0 Å². The molecule has 3 rings (SSSR count). The summed E-state index contributed by atoms with van der Waals surface area (Å²) in [6, 6.07) is 0.161. The minimum Gasteiger partial charge on any atom is -0.468 e. The molecule has 1 spiro atoms. The third-order valence-corrected chi connectivity index (χ3v) is 6.57. The molecule has 0 aromatic carbocycles. The van der Waals surface area contributed by atoms with E-state index >= 15 is 0 Å². The van der Waals surface area contributed by atoms with Crippen LogP contribution in [0.1, 0.15) is 32.1 Å². The van der Waals surface area contributed by atoms with E-state index in [1.807, 2.05) is 0 Å². The van der Waals surface area contributed by atoms with Crippen molar-refractivity contribution < 1.29 is 27.9 Å². The molecule has 1 aliphatic heterocycles. The summed E-state index contributed by atoms with van der Waals surface area (Å²) >= 11 is 0. The Morgan fingerprint density at radius 1 is 1.25 bits per heavy atom. The highest BCUT2D eigenvalue weighted by Crippen LogP contribution is 2.55. The molecule has 3 aliphatic rings. The second-order valence-corrected chi connectivity index (χ2v) is 11.4. The van der Waals surface area contributed by atoms with Crippen LogP contribution in [0.3, 0.4) is 0 Å². The van der Waals surface area contributed by atoms with E-state index in [1.165, 1.54) is 7.11 Å². The number of methoxy groups -OCH3 is 1. The summed E-state index contributed by atoms with van der Waals surface area (Å²) in [7, 11) is -1.62. The van der Waals surface area contributed by atoms with E-state index in [-0.39, 0.29) is 24.2 Å². The molecule has 1 heterocycles. The molecule has 134 valence electrons. The van der Waals surface area contributed by atoms with Crippen LogP contribution >= 0.6 is 0 Å². The van der Waals surface area contributed by atoms with Crippen molar-refractivity contribution in [3.05, 3.63) is 11.1 Å². The summed E-state index contributed by atoms with van der Waals surface area (Å²) in [5.74, 6) is -1.16. The van der Waals surface area contributed by atoms with E-state index in [9.17, 15) is 13.7 Å². The molecule has 7 heteroatoms. The summed E-state index contributed by atoms with van der Waals surface area (Å²) in [4.78, 5) is 25.2. The van der Waals surface area contributed by atoms with Crippen LogP contribution in [0.4, 0.5) is 4.11 Å². The van der Waals surface area contributed by atoms with Gasteiger partial charge >= 0.3 is 5.97 Å². The van der Waals surface area contributed by atoms with Gasteiger partial charge in [0.1, 0.15) is 0 Å². The molecule has 24 heavy (non-hydrogen) atoms. The molecule has 0 amide bonds. The van der Waals surface area contributed by atoms with Gasteiger partial charge in [-0.3, -0.25) is 9.59 Å². The predicted octanol–water partition coefficient (Wildman–Crippen LogP) is 2.91. The van der Waals surface area contributed by atoms with E-state index < -0.39 is 19.6 Å². The first-order chi connectivity index (χ1) is 11.2. The quantitative estimate of drug-likeness (QED) is 0.442. The van der Waals surface area contributed by atoms with Crippen LogP contribution in [0.25, 0.3) is 0 Å². The van der Waals surface area contributed by atoms with Crippen LogP contribution in [0.5, 0.6) is 0 Å². The van der Waals surface area contributed by atoms with Crippen molar-refractivity contribution in [2.45, 2.75) is 57.0 Å². The number of ketones is 1. The third kappa shape index (κ3) is 2.97. The first-order valence-electron chi connectivity index (χ1n) is 8.52. The largest absolute Gasteiger partial charge is 0.468 e. The summed E-state index contributed by atoms with van der Waals surface area (Å²) in [5.41, 5.74) is 0.382. The van der Waals surface area contributed by atoms with Crippen LogP contribution in [0.15, 0.2) is 11.1 Å². The molecule has 1 saturated heterocycles. The zero-order valence-electron chi connectivity index (χ0n) is 14.6. The maximum Gasteiger partial charge on any atom is 0.316 e. The van der Waals surface area contributed by atoms with E-state index in [0.717, 1.165) is 5.57 Å². The highest BCUT2D eigenvalue weighted by Gasteiger charge is 2.58. The minimum atomic E-state index is -2.97. The zero-order chi connectivity index (χ0) is 17.6. The Balaban J connectivity index is 2.07. The number of carbonyl (C=O) groups excluding carboxylic acids is 2. The van der Waals surface area contributed by atoms with E-state index in [2.05, 4.69) is 0 Å². The van der Waals surface area contributed by atoms with Gasteiger partial charge in [0.2, 0.25) is 8.41 Å². The maximum absolute atomic E-state index is 14.4. The van der Waals surface area contributed by atoms with Crippen molar-refractivity contribution in [2.24, 2.45) is 5.41 Å². The number of halogens is 1. The second kappa shape index (κ2) is 6.03.